The molecule has 0 aliphatic heterocycles. The van der Waals surface area contributed by atoms with Crippen molar-refractivity contribution in [1.29, 1.82) is 0 Å². The van der Waals surface area contributed by atoms with Gasteiger partial charge in [0.05, 0.1) is 43.1 Å². The molecule has 0 spiro atoms. The first kappa shape index (κ1) is 21.5. The molecule has 9 heteroatoms. The number of carbonyl (C=O) groups is 1. The highest BCUT2D eigenvalue weighted by Gasteiger charge is 2.45. The molecule has 174 valence electrons. The first-order valence-electron chi connectivity index (χ1n) is 11.3. The molecule has 2 N–H and O–H groups in total. The van der Waals surface area contributed by atoms with Gasteiger partial charge in [-0.1, -0.05) is 0 Å². The highest BCUT2D eigenvalue weighted by Crippen LogP contribution is 2.49. The molecule has 0 atom stereocenters. The monoisotopic (exact) mass is 452 g/mol. The predicted octanol–water partition coefficient (Wildman–Crippen LogP) is 3.20. The van der Waals surface area contributed by atoms with Gasteiger partial charge in [0.2, 0.25) is 0 Å². The molecule has 0 radical (unpaired) electrons. The minimum Gasteiger partial charge on any atom is -0.615 e. The second kappa shape index (κ2) is 8.22. The lowest BCUT2D eigenvalue weighted by molar-refractivity contribution is -0.614. The van der Waals surface area contributed by atoms with Crippen LogP contribution in [-0.4, -0.2) is 40.6 Å². The average Bonchev–Trinajstić information content (AvgIpc) is 3.60. The zero-order chi connectivity index (χ0) is 23.2. The number of hydrogen-bond acceptors (Lipinski definition) is 6. The summed E-state index contributed by atoms with van der Waals surface area (Å²) in [6.45, 7) is 0. The third-order valence-corrected chi connectivity index (χ3v) is 6.98. The minimum atomic E-state index is -0.569. The van der Waals surface area contributed by atoms with E-state index in [1.165, 1.54) is 26.4 Å². The van der Waals surface area contributed by atoms with Crippen LogP contribution in [-0.2, 0) is 0 Å². The molecule has 2 aromatic heterocycles. The number of amides is 1. The average molecular weight is 453 g/mol. The number of aliphatic hydroxyl groups is 1. The van der Waals surface area contributed by atoms with E-state index >= 15 is 0 Å². The molecule has 2 saturated carbocycles. The number of methoxy groups -OCH3 is 2. The van der Waals surface area contributed by atoms with Crippen molar-refractivity contribution in [2.75, 3.05) is 19.5 Å². The Labute approximate surface area is 191 Å². The summed E-state index contributed by atoms with van der Waals surface area (Å²) in [5.74, 6) is 0.393. The number of benzene rings is 1. The minimum absolute atomic E-state index is 0.0346. The zero-order valence-electron chi connectivity index (χ0n) is 18.8. The standard InChI is InChI=1S/C24H28N4O5/c1-32-21-13-18-15(12-19(21)25-23(29)20-4-3-5-22(33-2)28(20)31)14-27(26-18)17-8-10-24(30,11-9-17)16-6-7-16/h3-5,12-14,16-17,30H,6-11H2,1-2H3,(H,25,29). The molecule has 2 aliphatic carbocycles. The summed E-state index contributed by atoms with van der Waals surface area (Å²) in [6, 6.07) is 8.31. The number of anilines is 1. The molecular formula is C24H28N4O5. The third kappa shape index (κ3) is 3.97. The number of carbonyl (C=O) groups excluding carboxylic acids is 1. The number of rotatable bonds is 6. The van der Waals surface area contributed by atoms with Crippen LogP contribution in [0.25, 0.3) is 10.9 Å². The summed E-state index contributed by atoms with van der Waals surface area (Å²) in [7, 11) is 2.89. The van der Waals surface area contributed by atoms with Crippen molar-refractivity contribution in [2.24, 2.45) is 5.92 Å². The Bertz CT molecular complexity index is 1200. The van der Waals surface area contributed by atoms with Crippen molar-refractivity contribution < 1.29 is 24.1 Å². The van der Waals surface area contributed by atoms with Gasteiger partial charge in [0, 0.05) is 23.7 Å². The van der Waals surface area contributed by atoms with Crippen molar-refractivity contribution >= 4 is 22.5 Å². The maximum atomic E-state index is 12.8. The summed E-state index contributed by atoms with van der Waals surface area (Å²) in [5, 5.41) is 31.5. The lowest BCUT2D eigenvalue weighted by atomic mass is 9.79. The van der Waals surface area contributed by atoms with Gasteiger partial charge >= 0.3 is 11.8 Å². The number of nitrogens with one attached hydrogen (secondary N) is 1. The Morgan fingerprint density at radius 2 is 1.97 bits per heavy atom. The largest absolute Gasteiger partial charge is 0.615 e. The number of nitrogens with zero attached hydrogens (tertiary/aromatic N) is 3. The number of hydrogen-bond donors (Lipinski definition) is 2. The van der Waals surface area contributed by atoms with E-state index in [0.29, 0.717) is 22.1 Å². The summed E-state index contributed by atoms with van der Waals surface area (Å²) in [4.78, 5) is 12.8. The molecule has 2 heterocycles. The van der Waals surface area contributed by atoms with E-state index in [9.17, 15) is 15.1 Å². The van der Waals surface area contributed by atoms with Crippen LogP contribution in [0.15, 0.2) is 36.5 Å². The Hall–Kier alpha value is -3.33. The Balaban J connectivity index is 1.38. The maximum Gasteiger partial charge on any atom is 0.379 e. The molecule has 33 heavy (non-hydrogen) atoms. The van der Waals surface area contributed by atoms with Gasteiger partial charge in [0.25, 0.3) is 5.69 Å². The molecule has 2 aliphatic rings. The number of fused-ring (bicyclic) bond motifs is 1. The summed E-state index contributed by atoms with van der Waals surface area (Å²) in [5.41, 5.74) is 0.622. The van der Waals surface area contributed by atoms with E-state index < -0.39 is 11.5 Å². The fourth-order valence-electron chi connectivity index (χ4n) is 4.90. The quantitative estimate of drug-likeness (QED) is 0.439. The van der Waals surface area contributed by atoms with E-state index in [1.54, 1.807) is 18.2 Å². The fourth-order valence-corrected chi connectivity index (χ4v) is 4.90. The van der Waals surface area contributed by atoms with Crippen LogP contribution in [0.4, 0.5) is 5.69 Å². The van der Waals surface area contributed by atoms with Gasteiger partial charge in [-0.15, -0.1) is 4.73 Å². The third-order valence-electron chi connectivity index (χ3n) is 6.98. The van der Waals surface area contributed by atoms with Crippen LogP contribution in [0.5, 0.6) is 11.6 Å². The molecule has 2 fully saturated rings. The van der Waals surface area contributed by atoms with Crippen LogP contribution >= 0.6 is 0 Å². The van der Waals surface area contributed by atoms with E-state index in [4.69, 9.17) is 14.6 Å². The zero-order valence-corrected chi connectivity index (χ0v) is 18.8. The number of aromatic nitrogens is 3. The first-order valence-corrected chi connectivity index (χ1v) is 11.3. The van der Waals surface area contributed by atoms with Crippen LogP contribution in [0, 0.1) is 11.1 Å². The van der Waals surface area contributed by atoms with Crippen LogP contribution < -0.4 is 19.5 Å². The molecule has 3 aromatic rings. The maximum absolute atomic E-state index is 12.8. The van der Waals surface area contributed by atoms with Crippen LogP contribution in [0.3, 0.4) is 0 Å². The van der Waals surface area contributed by atoms with Gasteiger partial charge in [-0.25, -0.2) is 0 Å². The second-order valence-electron chi connectivity index (χ2n) is 9.03. The van der Waals surface area contributed by atoms with Crippen molar-refractivity contribution in [3.63, 3.8) is 0 Å². The van der Waals surface area contributed by atoms with Gasteiger partial charge < -0.3 is 25.1 Å². The normalized spacial score (nSPS) is 22.8. The van der Waals surface area contributed by atoms with E-state index in [-0.39, 0.29) is 17.6 Å². The van der Waals surface area contributed by atoms with E-state index in [2.05, 4.69) is 5.32 Å². The van der Waals surface area contributed by atoms with Crippen molar-refractivity contribution in [3.8, 4) is 11.6 Å². The molecule has 1 amide bonds. The molecule has 0 unspecified atom stereocenters. The van der Waals surface area contributed by atoms with Gasteiger partial charge in [0.1, 0.15) is 5.75 Å². The van der Waals surface area contributed by atoms with Gasteiger partial charge in [-0.05, 0) is 56.6 Å². The molecular weight excluding hydrogens is 424 g/mol. The Morgan fingerprint density at radius 3 is 2.64 bits per heavy atom. The lowest BCUT2D eigenvalue weighted by Crippen LogP contribution is -2.38. The van der Waals surface area contributed by atoms with Crippen molar-refractivity contribution in [3.05, 3.63) is 47.4 Å². The smallest absolute Gasteiger partial charge is 0.379 e. The SMILES string of the molecule is COc1cc2nn(C3CCC(O)(C4CC4)CC3)cc2cc1NC(=O)c1cccc(OC)[n+]1[O-]. The molecule has 5 rings (SSSR count). The molecule has 9 nitrogen and oxygen atoms in total. The fraction of sp³-hybridized carbons (Fsp3) is 0.458. The number of pyridine rings is 1. The summed E-state index contributed by atoms with van der Waals surface area (Å²) >= 11 is 0. The van der Waals surface area contributed by atoms with Gasteiger partial charge in [0.15, 0.2) is 0 Å². The van der Waals surface area contributed by atoms with Crippen LogP contribution in [0.1, 0.15) is 55.1 Å². The molecule has 1 aromatic carbocycles. The van der Waals surface area contributed by atoms with E-state index in [0.717, 1.165) is 49.4 Å². The molecule has 0 saturated heterocycles. The summed E-state index contributed by atoms with van der Waals surface area (Å²) < 4.78 is 12.9. The van der Waals surface area contributed by atoms with Crippen LogP contribution in [0.2, 0.25) is 0 Å². The van der Waals surface area contributed by atoms with Crippen molar-refractivity contribution in [2.45, 2.75) is 50.2 Å². The second-order valence-corrected chi connectivity index (χ2v) is 9.03. The number of ether oxygens (including phenoxy) is 2. The van der Waals surface area contributed by atoms with Gasteiger partial charge in [-0.2, -0.15) is 5.10 Å². The topological polar surface area (TPSA) is 113 Å². The van der Waals surface area contributed by atoms with Gasteiger partial charge in [-0.3, -0.25) is 9.48 Å². The molecule has 0 bridgehead atoms. The summed E-state index contributed by atoms with van der Waals surface area (Å²) in [6.07, 6.45) is 7.64. The highest BCUT2D eigenvalue weighted by atomic mass is 16.5. The highest BCUT2D eigenvalue weighted by molar-refractivity contribution is 6.04. The Kier molecular flexibility index (Phi) is 5.36. The predicted molar refractivity (Wildman–Crippen MR) is 121 cm³/mol. The van der Waals surface area contributed by atoms with Crippen molar-refractivity contribution in [1.82, 2.24) is 9.78 Å². The Morgan fingerprint density at radius 1 is 1.21 bits per heavy atom. The lowest BCUT2D eigenvalue weighted by Gasteiger charge is -2.36. The first-order chi connectivity index (χ1) is 15.9. The van der Waals surface area contributed by atoms with E-state index in [1.807, 2.05) is 10.9 Å².